The number of nitrogens with two attached hydrogens (primary N) is 1. The van der Waals surface area contributed by atoms with Gasteiger partial charge in [0.2, 0.25) is 5.91 Å². The molecule has 2 heterocycles. The highest BCUT2D eigenvalue weighted by molar-refractivity contribution is 7.13. The van der Waals surface area contributed by atoms with Gasteiger partial charge in [-0.25, -0.2) is 4.68 Å². The summed E-state index contributed by atoms with van der Waals surface area (Å²) >= 11 is 1.65. The lowest BCUT2D eigenvalue weighted by Gasteiger charge is -2.28. The van der Waals surface area contributed by atoms with E-state index in [1.807, 2.05) is 59.7 Å². The minimum Gasteiger partial charge on any atom is -0.340 e. The van der Waals surface area contributed by atoms with Crippen molar-refractivity contribution < 1.29 is 4.79 Å². The molecule has 3 aromatic rings. The first-order valence-electron chi connectivity index (χ1n) is 9.29. The van der Waals surface area contributed by atoms with Crippen molar-refractivity contribution in [1.29, 1.82) is 0 Å². The van der Waals surface area contributed by atoms with Crippen LogP contribution in [-0.2, 0) is 11.3 Å². The number of benzene rings is 1. The molecule has 1 fully saturated rings. The molecule has 2 N–H and O–H groups in total. The van der Waals surface area contributed by atoms with Crippen LogP contribution < -0.4 is 5.73 Å². The SMILES string of the molecule is CN(Cc1cn(-c2ccccc2)nc1-c1cccs1)C(=O)C1(N)CCCC1.Cl. The van der Waals surface area contributed by atoms with Crippen molar-refractivity contribution in [1.82, 2.24) is 14.7 Å². The number of carbonyl (C=O) groups excluding carboxylic acids is 1. The lowest BCUT2D eigenvalue weighted by Crippen LogP contribution is -2.52. The number of nitrogens with zero attached hydrogens (tertiary/aromatic N) is 3. The van der Waals surface area contributed by atoms with Crippen LogP contribution in [0.25, 0.3) is 16.3 Å². The second-order valence-electron chi connectivity index (χ2n) is 7.28. The fraction of sp³-hybridized carbons (Fsp3) is 0.333. The molecule has 1 amide bonds. The number of likely N-dealkylation sites (N-methyl/N-ethyl adjacent to an activating group) is 1. The summed E-state index contributed by atoms with van der Waals surface area (Å²) in [6, 6.07) is 14.1. The minimum atomic E-state index is -0.701. The third-order valence-electron chi connectivity index (χ3n) is 5.24. The van der Waals surface area contributed by atoms with E-state index in [0.29, 0.717) is 6.54 Å². The van der Waals surface area contributed by atoms with Crippen molar-refractivity contribution in [3.05, 3.63) is 59.6 Å². The van der Waals surface area contributed by atoms with E-state index < -0.39 is 5.54 Å². The number of halogens is 1. The molecule has 0 spiro atoms. The Balaban J connectivity index is 0.00000225. The summed E-state index contributed by atoms with van der Waals surface area (Å²) in [5, 5.41) is 6.85. The van der Waals surface area contributed by atoms with Gasteiger partial charge >= 0.3 is 0 Å². The predicted molar refractivity (Wildman–Crippen MR) is 116 cm³/mol. The molecule has 0 aliphatic heterocycles. The Morgan fingerprint density at radius 1 is 1.21 bits per heavy atom. The van der Waals surface area contributed by atoms with Crippen molar-refractivity contribution in [3.63, 3.8) is 0 Å². The molecule has 0 bridgehead atoms. The summed E-state index contributed by atoms with van der Waals surface area (Å²) in [6.45, 7) is 0.498. The molecule has 4 rings (SSSR count). The Morgan fingerprint density at radius 2 is 1.93 bits per heavy atom. The van der Waals surface area contributed by atoms with E-state index in [1.54, 1.807) is 16.2 Å². The summed E-state index contributed by atoms with van der Waals surface area (Å²) < 4.78 is 1.89. The molecule has 1 aliphatic rings. The van der Waals surface area contributed by atoms with E-state index in [1.165, 1.54) is 0 Å². The third kappa shape index (κ3) is 3.99. The van der Waals surface area contributed by atoms with E-state index in [9.17, 15) is 4.79 Å². The Hall–Kier alpha value is -2.15. The summed E-state index contributed by atoms with van der Waals surface area (Å²) in [5.74, 6) is 0.0320. The largest absolute Gasteiger partial charge is 0.340 e. The van der Waals surface area contributed by atoms with Gasteiger partial charge in [0.1, 0.15) is 5.69 Å². The van der Waals surface area contributed by atoms with Crippen LogP contribution in [0.2, 0.25) is 0 Å². The number of amides is 1. The Morgan fingerprint density at radius 3 is 2.57 bits per heavy atom. The van der Waals surface area contributed by atoms with Gasteiger partial charge in [-0.2, -0.15) is 5.10 Å². The summed E-state index contributed by atoms with van der Waals surface area (Å²) in [7, 11) is 1.84. The zero-order valence-electron chi connectivity index (χ0n) is 15.9. The first-order valence-corrected chi connectivity index (χ1v) is 10.2. The van der Waals surface area contributed by atoms with E-state index in [-0.39, 0.29) is 18.3 Å². The normalized spacial score (nSPS) is 15.2. The Labute approximate surface area is 175 Å². The van der Waals surface area contributed by atoms with Gasteiger partial charge in [0.15, 0.2) is 0 Å². The van der Waals surface area contributed by atoms with E-state index >= 15 is 0 Å². The number of rotatable bonds is 5. The number of carbonyl (C=O) groups is 1. The number of para-hydroxylation sites is 1. The van der Waals surface area contributed by atoms with E-state index in [4.69, 9.17) is 10.8 Å². The maximum Gasteiger partial charge on any atom is 0.242 e. The van der Waals surface area contributed by atoms with Crippen LogP contribution in [0.3, 0.4) is 0 Å². The quantitative estimate of drug-likeness (QED) is 0.676. The third-order valence-corrected chi connectivity index (χ3v) is 6.12. The standard InChI is InChI=1S/C21H24N4OS.ClH/c1-24(20(26)21(22)11-5-6-12-21)14-16-15-25(17-8-3-2-4-9-17)23-19(16)18-10-7-13-27-18;/h2-4,7-10,13,15H,5-6,11-12,14,22H2,1H3;1H. The fourth-order valence-electron chi connectivity index (χ4n) is 3.79. The second-order valence-corrected chi connectivity index (χ2v) is 8.23. The summed E-state index contributed by atoms with van der Waals surface area (Å²) in [6.07, 6.45) is 5.63. The molecular weight excluding hydrogens is 392 g/mol. The van der Waals surface area contributed by atoms with Gasteiger partial charge in [-0.1, -0.05) is 37.1 Å². The monoisotopic (exact) mass is 416 g/mol. The first kappa shape index (κ1) is 20.6. The van der Waals surface area contributed by atoms with Crippen LogP contribution in [-0.4, -0.2) is 33.2 Å². The Bertz CT molecular complexity index is 917. The van der Waals surface area contributed by atoms with Crippen LogP contribution in [0.5, 0.6) is 0 Å². The summed E-state index contributed by atoms with van der Waals surface area (Å²) in [4.78, 5) is 15.8. The van der Waals surface area contributed by atoms with Gasteiger partial charge in [-0.15, -0.1) is 23.7 Å². The lowest BCUT2D eigenvalue weighted by atomic mass is 9.97. The van der Waals surface area contributed by atoms with Crippen LogP contribution >= 0.6 is 23.7 Å². The van der Waals surface area contributed by atoms with Crippen molar-refractivity contribution >= 4 is 29.7 Å². The average molecular weight is 417 g/mol. The zero-order chi connectivity index (χ0) is 18.9. The average Bonchev–Trinajstić information content (AvgIpc) is 3.42. The smallest absolute Gasteiger partial charge is 0.242 e. The molecule has 28 heavy (non-hydrogen) atoms. The highest BCUT2D eigenvalue weighted by atomic mass is 35.5. The molecule has 0 radical (unpaired) electrons. The molecule has 0 saturated heterocycles. The topological polar surface area (TPSA) is 64.2 Å². The number of thiophene rings is 1. The summed E-state index contributed by atoms with van der Waals surface area (Å²) in [5.41, 5.74) is 8.63. The van der Waals surface area contributed by atoms with Crippen molar-refractivity contribution in [2.24, 2.45) is 5.73 Å². The fourth-order valence-corrected chi connectivity index (χ4v) is 4.53. The molecule has 0 unspecified atom stereocenters. The van der Waals surface area contributed by atoms with Gasteiger partial charge in [-0.3, -0.25) is 4.79 Å². The molecule has 0 atom stereocenters. The Kier molecular flexibility index (Phi) is 6.23. The molecule has 5 nitrogen and oxygen atoms in total. The van der Waals surface area contributed by atoms with Gasteiger partial charge in [-0.05, 0) is 36.4 Å². The molecule has 1 aromatic carbocycles. The number of hydrogen-bond donors (Lipinski definition) is 1. The maximum absolute atomic E-state index is 12.9. The first-order chi connectivity index (χ1) is 13.1. The lowest BCUT2D eigenvalue weighted by molar-refractivity contribution is -0.136. The van der Waals surface area contributed by atoms with Gasteiger partial charge < -0.3 is 10.6 Å². The van der Waals surface area contributed by atoms with Gasteiger partial charge in [0.25, 0.3) is 0 Å². The highest BCUT2D eigenvalue weighted by Crippen LogP contribution is 2.31. The van der Waals surface area contributed by atoms with Gasteiger partial charge in [0.05, 0.1) is 16.1 Å². The van der Waals surface area contributed by atoms with E-state index in [0.717, 1.165) is 47.5 Å². The molecule has 7 heteroatoms. The predicted octanol–water partition coefficient (Wildman–Crippen LogP) is 4.25. The highest BCUT2D eigenvalue weighted by Gasteiger charge is 2.39. The van der Waals surface area contributed by atoms with Crippen LogP contribution in [0.1, 0.15) is 31.2 Å². The maximum atomic E-state index is 12.9. The molecule has 148 valence electrons. The van der Waals surface area contributed by atoms with Crippen LogP contribution in [0, 0.1) is 0 Å². The van der Waals surface area contributed by atoms with Crippen molar-refractivity contribution in [2.45, 2.75) is 37.8 Å². The van der Waals surface area contributed by atoms with E-state index in [2.05, 4.69) is 6.07 Å². The molecule has 1 aliphatic carbocycles. The van der Waals surface area contributed by atoms with Crippen LogP contribution in [0.15, 0.2) is 54.0 Å². The number of aromatic nitrogens is 2. The van der Waals surface area contributed by atoms with Crippen LogP contribution in [0.4, 0.5) is 0 Å². The van der Waals surface area contributed by atoms with Crippen molar-refractivity contribution in [3.8, 4) is 16.3 Å². The second kappa shape index (κ2) is 8.47. The number of hydrogen-bond acceptors (Lipinski definition) is 4. The van der Waals surface area contributed by atoms with Crippen molar-refractivity contribution in [2.75, 3.05) is 7.05 Å². The van der Waals surface area contributed by atoms with Gasteiger partial charge in [0, 0.05) is 25.4 Å². The zero-order valence-corrected chi connectivity index (χ0v) is 17.5. The minimum absolute atomic E-state index is 0. The molecule has 2 aromatic heterocycles. The molecular formula is C21H25ClN4OS. The molecule has 1 saturated carbocycles.